The molecule has 1 aliphatic rings. The van der Waals surface area contributed by atoms with Gasteiger partial charge in [0.1, 0.15) is 0 Å². The Morgan fingerprint density at radius 1 is 0.955 bits per heavy atom. The van der Waals surface area contributed by atoms with Crippen LogP contribution in [0.3, 0.4) is 0 Å². The van der Waals surface area contributed by atoms with Crippen LogP contribution in [-0.2, 0) is 14.8 Å². The standard InChI is InChI=1S/C32H47N3O8S/c1-23(2)18-34(44(39,40)28-11-8-7-9-12-28)21-26-19-33(32(37)38)20-27(26)22-35(24(3)4)31(36)25-13-14-29(42-6)30(17-25)43-16-10-15-41-5/h7-9,11-14,17,23-24,26-27H,10,15-16,18-22H2,1-6H3,(H,37,38)/t26-,27+/m1/s1. The van der Waals surface area contributed by atoms with Gasteiger partial charge in [0.05, 0.1) is 18.6 Å². The lowest BCUT2D eigenvalue weighted by molar-refractivity contribution is 0.0655. The van der Waals surface area contributed by atoms with Crippen molar-refractivity contribution in [2.24, 2.45) is 17.8 Å². The van der Waals surface area contributed by atoms with E-state index in [-0.39, 0.29) is 60.8 Å². The summed E-state index contributed by atoms with van der Waals surface area (Å²) in [6.07, 6.45) is -0.390. The highest BCUT2D eigenvalue weighted by molar-refractivity contribution is 7.89. The molecule has 0 bridgehead atoms. The van der Waals surface area contributed by atoms with Gasteiger partial charge in [0.2, 0.25) is 10.0 Å². The summed E-state index contributed by atoms with van der Waals surface area (Å²) in [6.45, 7) is 9.74. The zero-order chi connectivity index (χ0) is 32.4. The van der Waals surface area contributed by atoms with Gasteiger partial charge in [-0.2, -0.15) is 4.31 Å². The van der Waals surface area contributed by atoms with Gasteiger partial charge in [0, 0.05) is 70.4 Å². The normalized spacial score (nSPS) is 17.0. The largest absolute Gasteiger partial charge is 0.493 e. The third-order valence-electron chi connectivity index (χ3n) is 7.71. The lowest BCUT2D eigenvalue weighted by atomic mass is 9.94. The predicted molar refractivity (Wildman–Crippen MR) is 168 cm³/mol. The van der Waals surface area contributed by atoms with Crippen LogP contribution in [0.1, 0.15) is 44.5 Å². The second-order valence-corrected chi connectivity index (χ2v) is 13.8. The SMILES string of the molecule is COCCCOc1cc(C(=O)N(C[C@@H]2CN(C(=O)O)C[C@@H]2CN(CC(C)C)S(=O)(=O)c2ccccc2)C(C)C)ccc1OC. The molecule has 1 saturated heterocycles. The first-order valence-corrected chi connectivity index (χ1v) is 16.5. The maximum absolute atomic E-state index is 13.9. The zero-order valence-corrected chi connectivity index (χ0v) is 27.5. The maximum Gasteiger partial charge on any atom is 0.407 e. The third-order valence-corrected chi connectivity index (χ3v) is 9.56. The highest BCUT2D eigenvalue weighted by Crippen LogP contribution is 2.32. The molecule has 0 unspecified atom stereocenters. The summed E-state index contributed by atoms with van der Waals surface area (Å²) in [7, 11) is -0.663. The monoisotopic (exact) mass is 633 g/mol. The minimum Gasteiger partial charge on any atom is -0.493 e. The van der Waals surface area contributed by atoms with Crippen molar-refractivity contribution in [2.45, 2.75) is 45.1 Å². The van der Waals surface area contributed by atoms with Crippen molar-refractivity contribution < 1.29 is 37.3 Å². The van der Waals surface area contributed by atoms with E-state index in [1.807, 2.05) is 27.7 Å². The number of carboxylic acid groups (broad SMARTS) is 1. The summed E-state index contributed by atoms with van der Waals surface area (Å²) < 4.78 is 45.3. The van der Waals surface area contributed by atoms with E-state index >= 15 is 0 Å². The number of sulfonamides is 1. The van der Waals surface area contributed by atoms with E-state index < -0.39 is 16.1 Å². The van der Waals surface area contributed by atoms with Crippen molar-refractivity contribution in [3.8, 4) is 11.5 Å². The summed E-state index contributed by atoms with van der Waals surface area (Å²) in [5, 5.41) is 9.86. The smallest absolute Gasteiger partial charge is 0.407 e. The van der Waals surface area contributed by atoms with Crippen molar-refractivity contribution in [2.75, 3.05) is 60.2 Å². The molecule has 1 heterocycles. The Balaban J connectivity index is 1.88. The molecular formula is C32H47N3O8S. The summed E-state index contributed by atoms with van der Waals surface area (Å²) in [5.74, 6) is 0.192. The molecule has 244 valence electrons. The van der Waals surface area contributed by atoms with Gasteiger partial charge in [-0.3, -0.25) is 4.79 Å². The molecule has 3 rings (SSSR count). The number of hydrogen-bond donors (Lipinski definition) is 1. The molecule has 0 aromatic heterocycles. The first-order chi connectivity index (χ1) is 20.9. The molecule has 1 fully saturated rings. The van der Waals surface area contributed by atoms with Crippen LogP contribution in [0.2, 0.25) is 0 Å². The van der Waals surface area contributed by atoms with Crippen LogP contribution in [-0.4, -0.2) is 106 Å². The van der Waals surface area contributed by atoms with Gasteiger partial charge >= 0.3 is 6.09 Å². The van der Waals surface area contributed by atoms with E-state index in [9.17, 15) is 23.1 Å². The van der Waals surface area contributed by atoms with E-state index in [0.29, 0.717) is 43.2 Å². The van der Waals surface area contributed by atoms with E-state index in [1.54, 1.807) is 60.5 Å². The third kappa shape index (κ3) is 9.09. The number of hydrogen-bond acceptors (Lipinski definition) is 7. The molecule has 2 amide bonds. The van der Waals surface area contributed by atoms with Crippen LogP contribution in [0.5, 0.6) is 11.5 Å². The number of benzene rings is 2. The van der Waals surface area contributed by atoms with Gasteiger partial charge in [-0.05, 0) is 56.0 Å². The highest BCUT2D eigenvalue weighted by Gasteiger charge is 2.40. The number of methoxy groups -OCH3 is 2. The Hall–Kier alpha value is -3.35. The van der Waals surface area contributed by atoms with Gasteiger partial charge in [-0.1, -0.05) is 32.0 Å². The second kappa shape index (κ2) is 16.1. The average molecular weight is 634 g/mol. The number of carbonyl (C=O) groups excluding carboxylic acids is 1. The Morgan fingerprint density at radius 2 is 1.61 bits per heavy atom. The molecule has 2 aromatic rings. The molecule has 11 nitrogen and oxygen atoms in total. The maximum atomic E-state index is 13.9. The molecule has 44 heavy (non-hydrogen) atoms. The number of carbonyl (C=O) groups is 2. The Bertz CT molecular complexity index is 1340. The van der Waals surface area contributed by atoms with Crippen LogP contribution in [0.15, 0.2) is 53.4 Å². The summed E-state index contributed by atoms with van der Waals surface area (Å²) >= 11 is 0. The van der Waals surface area contributed by atoms with Crippen LogP contribution < -0.4 is 9.47 Å². The number of likely N-dealkylation sites (tertiary alicyclic amines) is 1. The lowest BCUT2D eigenvalue weighted by Crippen LogP contribution is -2.45. The van der Waals surface area contributed by atoms with Gasteiger partial charge in [0.15, 0.2) is 11.5 Å². The minimum absolute atomic E-state index is 0.0543. The molecule has 0 radical (unpaired) electrons. The number of ether oxygens (including phenoxy) is 3. The van der Waals surface area contributed by atoms with Crippen LogP contribution in [0.4, 0.5) is 4.79 Å². The molecular weight excluding hydrogens is 586 g/mol. The minimum atomic E-state index is -3.82. The van der Waals surface area contributed by atoms with Crippen LogP contribution >= 0.6 is 0 Å². The van der Waals surface area contributed by atoms with Crippen molar-refractivity contribution in [3.05, 3.63) is 54.1 Å². The fourth-order valence-corrected chi connectivity index (χ4v) is 7.13. The Labute approximate surface area is 261 Å². The quantitative estimate of drug-likeness (QED) is 0.267. The molecule has 12 heteroatoms. The number of rotatable bonds is 16. The molecule has 0 saturated carbocycles. The van der Waals surface area contributed by atoms with Crippen molar-refractivity contribution in [1.29, 1.82) is 0 Å². The summed E-state index contributed by atoms with van der Waals surface area (Å²) in [6, 6.07) is 13.1. The molecule has 1 N–H and O–H groups in total. The molecule has 2 atom stereocenters. The predicted octanol–water partition coefficient (Wildman–Crippen LogP) is 4.53. The van der Waals surface area contributed by atoms with Crippen LogP contribution in [0.25, 0.3) is 0 Å². The number of nitrogens with zero attached hydrogens (tertiary/aromatic N) is 3. The lowest BCUT2D eigenvalue weighted by Gasteiger charge is -2.33. The van der Waals surface area contributed by atoms with Gasteiger partial charge in [0.25, 0.3) is 5.91 Å². The average Bonchev–Trinajstić information content (AvgIpc) is 3.40. The van der Waals surface area contributed by atoms with Gasteiger partial charge in [-0.15, -0.1) is 0 Å². The molecule has 0 aliphatic carbocycles. The van der Waals surface area contributed by atoms with E-state index in [0.717, 1.165) is 0 Å². The fraction of sp³-hybridized carbons (Fsp3) is 0.562. The number of amides is 2. The van der Waals surface area contributed by atoms with Gasteiger partial charge in [-0.25, -0.2) is 13.2 Å². The first kappa shape index (κ1) is 35.1. The Kier molecular flexibility index (Phi) is 12.9. The first-order valence-electron chi connectivity index (χ1n) is 15.0. The highest BCUT2D eigenvalue weighted by atomic mass is 32.2. The van der Waals surface area contributed by atoms with E-state index in [2.05, 4.69) is 0 Å². The zero-order valence-electron chi connectivity index (χ0n) is 26.6. The van der Waals surface area contributed by atoms with E-state index in [1.165, 1.54) is 16.3 Å². The summed E-state index contributed by atoms with van der Waals surface area (Å²) in [4.78, 5) is 29.2. The second-order valence-electron chi connectivity index (χ2n) is 11.8. The van der Waals surface area contributed by atoms with E-state index in [4.69, 9.17) is 14.2 Å². The van der Waals surface area contributed by atoms with Crippen molar-refractivity contribution in [1.82, 2.24) is 14.1 Å². The van der Waals surface area contributed by atoms with Crippen molar-refractivity contribution >= 4 is 22.0 Å². The topological polar surface area (TPSA) is 126 Å². The fourth-order valence-electron chi connectivity index (χ4n) is 5.44. The van der Waals surface area contributed by atoms with Gasteiger partial charge < -0.3 is 29.1 Å². The Morgan fingerprint density at radius 3 is 2.18 bits per heavy atom. The molecule has 1 aliphatic heterocycles. The summed E-state index contributed by atoms with van der Waals surface area (Å²) in [5.41, 5.74) is 0.416. The van der Waals surface area contributed by atoms with Crippen LogP contribution in [0, 0.1) is 17.8 Å². The van der Waals surface area contributed by atoms with Crippen molar-refractivity contribution in [3.63, 3.8) is 0 Å². The molecule has 2 aromatic carbocycles. The molecule has 0 spiro atoms.